The van der Waals surface area contributed by atoms with Crippen LogP contribution in [-0.4, -0.2) is 42.1 Å². The van der Waals surface area contributed by atoms with Gasteiger partial charge in [-0.05, 0) is 32.4 Å². The van der Waals surface area contributed by atoms with E-state index in [1.54, 1.807) is 0 Å². The summed E-state index contributed by atoms with van der Waals surface area (Å²) in [5.41, 5.74) is -0.695. The summed E-state index contributed by atoms with van der Waals surface area (Å²) in [5, 5.41) is 0. The molecule has 20 heavy (non-hydrogen) atoms. The Kier molecular flexibility index (Phi) is 4.52. The third-order valence-electron chi connectivity index (χ3n) is 3.66. The largest absolute Gasteiger partial charge is 0.417 e. The molecule has 2 rings (SSSR count). The molecule has 0 aromatic carbocycles. The summed E-state index contributed by atoms with van der Waals surface area (Å²) in [6.07, 6.45) is -2.40. The molecule has 3 nitrogen and oxygen atoms in total. The van der Waals surface area contributed by atoms with Gasteiger partial charge in [-0.2, -0.15) is 13.2 Å². The first-order chi connectivity index (χ1) is 9.38. The van der Waals surface area contributed by atoms with Gasteiger partial charge in [-0.25, -0.2) is 4.98 Å². The number of hydrogen-bond donors (Lipinski definition) is 0. The van der Waals surface area contributed by atoms with Gasteiger partial charge in [0.2, 0.25) is 0 Å². The van der Waals surface area contributed by atoms with Gasteiger partial charge >= 0.3 is 6.18 Å². The van der Waals surface area contributed by atoms with Crippen molar-refractivity contribution < 1.29 is 13.2 Å². The van der Waals surface area contributed by atoms with Crippen molar-refractivity contribution in [3.8, 4) is 0 Å². The zero-order valence-electron chi connectivity index (χ0n) is 11.8. The molecule has 1 saturated heterocycles. The topological polar surface area (TPSA) is 19.4 Å². The maximum absolute atomic E-state index is 12.5. The molecule has 0 unspecified atom stereocenters. The van der Waals surface area contributed by atoms with Crippen molar-refractivity contribution in [2.24, 2.45) is 0 Å². The van der Waals surface area contributed by atoms with Crippen molar-refractivity contribution in [3.63, 3.8) is 0 Å². The first-order valence-corrected chi connectivity index (χ1v) is 6.90. The van der Waals surface area contributed by atoms with Gasteiger partial charge in [0.25, 0.3) is 0 Å². The van der Waals surface area contributed by atoms with Gasteiger partial charge in [0, 0.05) is 38.4 Å². The Hall–Kier alpha value is -1.30. The van der Waals surface area contributed by atoms with Crippen LogP contribution in [0.1, 0.15) is 25.8 Å². The van der Waals surface area contributed by atoms with Gasteiger partial charge in [-0.1, -0.05) is 0 Å². The number of hydrogen-bond acceptors (Lipinski definition) is 3. The lowest BCUT2D eigenvalue weighted by atomic mass is 10.2. The highest BCUT2D eigenvalue weighted by molar-refractivity contribution is 5.40. The molecule has 1 aliphatic heterocycles. The fourth-order valence-electron chi connectivity index (χ4n) is 2.42. The number of aromatic nitrogens is 1. The molecule has 1 fully saturated rings. The summed E-state index contributed by atoms with van der Waals surface area (Å²) < 4.78 is 37.5. The van der Waals surface area contributed by atoms with Gasteiger partial charge in [-0.3, -0.25) is 4.90 Å². The molecular weight excluding hydrogens is 267 g/mol. The summed E-state index contributed by atoms with van der Waals surface area (Å²) in [4.78, 5) is 8.40. The van der Waals surface area contributed by atoms with Gasteiger partial charge in [0.1, 0.15) is 5.82 Å². The lowest BCUT2D eigenvalue weighted by Gasteiger charge is -2.25. The van der Waals surface area contributed by atoms with Crippen molar-refractivity contribution in [3.05, 3.63) is 23.9 Å². The standard InChI is InChI=1S/C14H20F3N3/c1-11(2)19-6-3-7-20(9-8-19)13-5-4-12(10-18-13)14(15,16)17/h4-5,10-11H,3,6-9H2,1-2H3. The number of anilines is 1. The van der Waals surface area contributed by atoms with E-state index in [0.29, 0.717) is 11.9 Å². The third kappa shape index (κ3) is 3.62. The predicted octanol–water partition coefficient (Wildman–Crippen LogP) is 3.02. The van der Waals surface area contributed by atoms with Crippen LogP contribution in [0, 0.1) is 0 Å². The zero-order valence-corrected chi connectivity index (χ0v) is 11.8. The molecule has 0 amide bonds. The number of halogens is 3. The molecule has 0 N–H and O–H groups in total. The number of nitrogens with zero attached hydrogens (tertiary/aromatic N) is 3. The Labute approximate surface area is 117 Å². The average molecular weight is 287 g/mol. The minimum absolute atomic E-state index is 0.496. The van der Waals surface area contributed by atoms with E-state index in [1.807, 2.05) is 0 Å². The summed E-state index contributed by atoms with van der Waals surface area (Å²) in [7, 11) is 0. The summed E-state index contributed by atoms with van der Waals surface area (Å²) in [6, 6.07) is 3.07. The van der Waals surface area contributed by atoms with Crippen molar-refractivity contribution >= 4 is 5.82 Å². The van der Waals surface area contributed by atoms with Crippen molar-refractivity contribution in [1.29, 1.82) is 0 Å². The van der Waals surface area contributed by atoms with Crippen LogP contribution < -0.4 is 4.90 Å². The minimum Gasteiger partial charge on any atom is -0.355 e. The Bertz CT molecular complexity index is 428. The van der Waals surface area contributed by atoms with Gasteiger partial charge in [-0.15, -0.1) is 0 Å². The van der Waals surface area contributed by atoms with E-state index in [0.717, 1.165) is 44.9 Å². The van der Waals surface area contributed by atoms with E-state index in [4.69, 9.17) is 0 Å². The molecule has 0 atom stereocenters. The fraction of sp³-hybridized carbons (Fsp3) is 0.643. The van der Waals surface area contributed by atoms with Crippen LogP contribution in [0.5, 0.6) is 0 Å². The van der Waals surface area contributed by atoms with Crippen molar-refractivity contribution in [1.82, 2.24) is 9.88 Å². The van der Waals surface area contributed by atoms with E-state index in [2.05, 4.69) is 28.6 Å². The molecule has 6 heteroatoms. The SMILES string of the molecule is CC(C)N1CCCN(c2ccc(C(F)(F)F)cn2)CC1. The Morgan fingerprint density at radius 3 is 2.40 bits per heavy atom. The predicted molar refractivity (Wildman–Crippen MR) is 72.8 cm³/mol. The maximum Gasteiger partial charge on any atom is 0.417 e. The van der Waals surface area contributed by atoms with Crippen LogP contribution in [0.3, 0.4) is 0 Å². The second kappa shape index (κ2) is 5.99. The molecule has 2 heterocycles. The van der Waals surface area contributed by atoms with Crippen LogP contribution in [0.25, 0.3) is 0 Å². The number of pyridine rings is 1. The van der Waals surface area contributed by atoms with E-state index in [-0.39, 0.29) is 0 Å². The summed E-state index contributed by atoms with van der Waals surface area (Å²) in [6.45, 7) is 7.89. The molecule has 1 aliphatic rings. The summed E-state index contributed by atoms with van der Waals surface area (Å²) in [5.74, 6) is 0.628. The Balaban J connectivity index is 2.05. The highest BCUT2D eigenvalue weighted by atomic mass is 19.4. The molecule has 112 valence electrons. The van der Waals surface area contributed by atoms with Gasteiger partial charge in [0.05, 0.1) is 5.56 Å². The smallest absolute Gasteiger partial charge is 0.355 e. The van der Waals surface area contributed by atoms with Crippen LogP contribution in [0.2, 0.25) is 0 Å². The number of alkyl halides is 3. The van der Waals surface area contributed by atoms with Crippen LogP contribution >= 0.6 is 0 Å². The second-order valence-electron chi connectivity index (χ2n) is 5.37. The van der Waals surface area contributed by atoms with Gasteiger partial charge in [0.15, 0.2) is 0 Å². The van der Waals surface area contributed by atoms with Crippen molar-refractivity contribution in [2.75, 3.05) is 31.1 Å². The highest BCUT2D eigenvalue weighted by Gasteiger charge is 2.31. The first kappa shape index (κ1) is 15.1. The molecule has 0 aliphatic carbocycles. The zero-order chi connectivity index (χ0) is 14.8. The van der Waals surface area contributed by atoms with E-state index >= 15 is 0 Å². The van der Waals surface area contributed by atoms with Crippen LogP contribution in [0.4, 0.5) is 19.0 Å². The molecule has 0 radical (unpaired) electrons. The lowest BCUT2D eigenvalue weighted by molar-refractivity contribution is -0.137. The monoisotopic (exact) mass is 287 g/mol. The Morgan fingerprint density at radius 2 is 1.85 bits per heavy atom. The molecule has 0 spiro atoms. The quantitative estimate of drug-likeness (QED) is 0.833. The Morgan fingerprint density at radius 1 is 1.10 bits per heavy atom. The average Bonchev–Trinajstić information content (AvgIpc) is 2.63. The van der Waals surface area contributed by atoms with Crippen LogP contribution in [-0.2, 0) is 6.18 Å². The van der Waals surface area contributed by atoms with Gasteiger partial charge < -0.3 is 4.90 Å². The third-order valence-corrected chi connectivity index (χ3v) is 3.66. The van der Waals surface area contributed by atoms with E-state index in [9.17, 15) is 13.2 Å². The minimum atomic E-state index is -4.32. The molecule has 0 bridgehead atoms. The first-order valence-electron chi connectivity index (χ1n) is 6.90. The van der Waals surface area contributed by atoms with E-state index in [1.165, 1.54) is 6.07 Å². The molecule has 0 saturated carbocycles. The second-order valence-corrected chi connectivity index (χ2v) is 5.37. The normalized spacial score (nSPS) is 18.4. The highest BCUT2D eigenvalue weighted by Crippen LogP contribution is 2.29. The number of rotatable bonds is 2. The molecular formula is C14H20F3N3. The molecule has 1 aromatic rings. The molecule has 1 aromatic heterocycles. The van der Waals surface area contributed by atoms with Crippen molar-refractivity contribution in [2.45, 2.75) is 32.5 Å². The maximum atomic E-state index is 12.5. The van der Waals surface area contributed by atoms with E-state index < -0.39 is 11.7 Å². The summed E-state index contributed by atoms with van der Waals surface area (Å²) >= 11 is 0. The van der Waals surface area contributed by atoms with Crippen LogP contribution in [0.15, 0.2) is 18.3 Å². The fourth-order valence-corrected chi connectivity index (χ4v) is 2.42. The lowest BCUT2D eigenvalue weighted by Crippen LogP contribution is -2.35.